The number of carboxylic acids is 1. The lowest BCUT2D eigenvalue weighted by molar-refractivity contribution is -0.137. The molecular formula is C19H25NO5. The van der Waals surface area contributed by atoms with E-state index in [9.17, 15) is 14.4 Å². The summed E-state index contributed by atoms with van der Waals surface area (Å²) in [7, 11) is 0. The minimum atomic E-state index is -1.01. The Labute approximate surface area is 147 Å². The number of ether oxygens (including phenoxy) is 1. The second kappa shape index (κ2) is 7.68. The van der Waals surface area contributed by atoms with Crippen molar-refractivity contribution in [3.8, 4) is 5.75 Å². The van der Waals surface area contributed by atoms with Crippen molar-refractivity contribution in [1.82, 2.24) is 0 Å². The zero-order valence-corrected chi connectivity index (χ0v) is 15.0. The van der Waals surface area contributed by atoms with Crippen LogP contribution in [0.1, 0.15) is 63.2 Å². The molecule has 25 heavy (non-hydrogen) atoms. The van der Waals surface area contributed by atoms with Gasteiger partial charge in [0.05, 0.1) is 12.1 Å². The SMILES string of the molecule is CCCCCN1C(=O)C(C)(C)Oc2ccc(C(=O)CCC(=O)O)cc21. The van der Waals surface area contributed by atoms with Crippen molar-refractivity contribution in [2.24, 2.45) is 0 Å². The van der Waals surface area contributed by atoms with Gasteiger partial charge in [0.25, 0.3) is 5.91 Å². The first-order valence-electron chi connectivity index (χ1n) is 8.66. The van der Waals surface area contributed by atoms with Crippen LogP contribution < -0.4 is 9.64 Å². The first-order chi connectivity index (χ1) is 11.8. The van der Waals surface area contributed by atoms with Crippen LogP contribution in [0.3, 0.4) is 0 Å². The second-order valence-electron chi connectivity index (χ2n) is 6.78. The Balaban J connectivity index is 2.31. The van der Waals surface area contributed by atoms with Gasteiger partial charge in [0.2, 0.25) is 0 Å². The van der Waals surface area contributed by atoms with E-state index in [0.717, 1.165) is 19.3 Å². The van der Waals surface area contributed by atoms with Crippen LogP contribution in [0.2, 0.25) is 0 Å². The first-order valence-corrected chi connectivity index (χ1v) is 8.66. The van der Waals surface area contributed by atoms with E-state index in [4.69, 9.17) is 9.84 Å². The number of carboxylic acid groups (broad SMARTS) is 1. The Morgan fingerprint density at radius 2 is 1.92 bits per heavy atom. The Hall–Kier alpha value is -2.37. The standard InChI is InChI=1S/C19H25NO5/c1-4-5-6-11-20-14-12-13(15(21)8-10-17(22)23)7-9-16(14)25-19(2,3)18(20)24/h7,9,12H,4-6,8,10-11H2,1-3H3,(H,22,23). The van der Waals surface area contributed by atoms with Gasteiger partial charge in [-0.3, -0.25) is 14.4 Å². The molecule has 0 atom stereocenters. The molecule has 0 aliphatic carbocycles. The van der Waals surface area contributed by atoms with Crippen molar-refractivity contribution in [3.05, 3.63) is 23.8 Å². The number of nitrogens with zero attached hydrogens (tertiary/aromatic N) is 1. The van der Waals surface area contributed by atoms with Gasteiger partial charge in [0.15, 0.2) is 11.4 Å². The molecule has 1 aromatic carbocycles. The van der Waals surface area contributed by atoms with Crippen LogP contribution in [-0.4, -0.2) is 34.9 Å². The van der Waals surface area contributed by atoms with E-state index in [2.05, 4.69) is 6.92 Å². The molecule has 0 radical (unpaired) electrons. The molecule has 1 aliphatic rings. The molecule has 0 bridgehead atoms. The number of hydrogen-bond donors (Lipinski definition) is 1. The van der Waals surface area contributed by atoms with Gasteiger partial charge in [0.1, 0.15) is 5.75 Å². The number of Topliss-reactive ketones (excluding diaryl/α,β-unsaturated/α-hetero) is 1. The Bertz CT molecular complexity index is 680. The summed E-state index contributed by atoms with van der Waals surface area (Å²) in [5.74, 6) is -0.828. The molecule has 1 aromatic rings. The van der Waals surface area contributed by atoms with Crippen LogP contribution in [-0.2, 0) is 9.59 Å². The third kappa shape index (κ3) is 4.38. The minimum Gasteiger partial charge on any atom is -0.481 e. The fraction of sp³-hybridized carbons (Fsp3) is 0.526. The smallest absolute Gasteiger partial charge is 0.303 e. The molecule has 0 spiro atoms. The number of benzene rings is 1. The first kappa shape index (κ1) is 19.0. The highest BCUT2D eigenvalue weighted by molar-refractivity contribution is 6.04. The fourth-order valence-corrected chi connectivity index (χ4v) is 2.85. The van der Waals surface area contributed by atoms with Crippen molar-refractivity contribution in [3.63, 3.8) is 0 Å². The normalized spacial score (nSPS) is 15.5. The van der Waals surface area contributed by atoms with Crippen LogP contribution in [0.4, 0.5) is 5.69 Å². The molecule has 0 saturated heterocycles. The summed E-state index contributed by atoms with van der Waals surface area (Å²) in [6.07, 6.45) is 2.65. The number of anilines is 1. The maximum atomic E-state index is 12.7. The average molecular weight is 347 g/mol. The zero-order valence-electron chi connectivity index (χ0n) is 15.0. The van der Waals surface area contributed by atoms with Crippen LogP contribution in [0, 0.1) is 0 Å². The van der Waals surface area contributed by atoms with E-state index in [-0.39, 0.29) is 24.5 Å². The number of ketones is 1. The number of amides is 1. The molecule has 0 unspecified atom stereocenters. The molecule has 1 N–H and O–H groups in total. The Kier molecular flexibility index (Phi) is 5.82. The predicted octanol–water partition coefficient (Wildman–Crippen LogP) is 3.43. The summed E-state index contributed by atoms with van der Waals surface area (Å²) in [5, 5.41) is 8.73. The van der Waals surface area contributed by atoms with Gasteiger partial charge in [-0.15, -0.1) is 0 Å². The predicted molar refractivity (Wildman–Crippen MR) is 94.2 cm³/mol. The van der Waals surface area contributed by atoms with Gasteiger partial charge in [-0.05, 0) is 38.5 Å². The molecule has 1 amide bonds. The average Bonchev–Trinajstić information content (AvgIpc) is 2.55. The number of carbonyl (C=O) groups excluding carboxylic acids is 2. The summed E-state index contributed by atoms with van der Waals surface area (Å²) in [6, 6.07) is 4.95. The molecule has 136 valence electrons. The van der Waals surface area contributed by atoms with Crippen LogP contribution in [0.25, 0.3) is 0 Å². The van der Waals surface area contributed by atoms with Gasteiger partial charge in [-0.1, -0.05) is 19.8 Å². The second-order valence-corrected chi connectivity index (χ2v) is 6.78. The molecule has 0 aromatic heterocycles. The summed E-state index contributed by atoms with van der Waals surface area (Å²) in [4.78, 5) is 37.3. The van der Waals surface area contributed by atoms with Crippen molar-refractivity contribution in [1.29, 1.82) is 0 Å². The molecule has 2 rings (SSSR count). The molecule has 1 heterocycles. The van der Waals surface area contributed by atoms with E-state index >= 15 is 0 Å². The highest BCUT2D eigenvalue weighted by Crippen LogP contribution is 2.38. The monoisotopic (exact) mass is 347 g/mol. The van der Waals surface area contributed by atoms with E-state index in [1.54, 1.807) is 36.9 Å². The zero-order chi connectivity index (χ0) is 18.6. The molecule has 6 nitrogen and oxygen atoms in total. The maximum Gasteiger partial charge on any atom is 0.303 e. The lowest BCUT2D eigenvalue weighted by Crippen LogP contribution is -2.52. The number of carbonyl (C=O) groups is 3. The largest absolute Gasteiger partial charge is 0.481 e. The number of fused-ring (bicyclic) bond motifs is 1. The Morgan fingerprint density at radius 1 is 1.20 bits per heavy atom. The van der Waals surface area contributed by atoms with Crippen LogP contribution >= 0.6 is 0 Å². The van der Waals surface area contributed by atoms with Crippen LogP contribution in [0.5, 0.6) is 5.75 Å². The van der Waals surface area contributed by atoms with Gasteiger partial charge in [-0.2, -0.15) is 0 Å². The molecule has 0 saturated carbocycles. The summed E-state index contributed by atoms with van der Waals surface area (Å²) >= 11 is 0. The van der Waals surface area contributed by atoms with E-state index in [0.29, 0.717) is 23.5 Å². The molecule has 0 fully saturated rings. The van der Waals surface area contributed by atoms with Crippen molar-refractivity contribution < 1.29 is 24.2 Å². The Morgan fingerprint density at radius 3 is 2.56 bits per heavy atom. The fourth-order valence-electron chi connectivity index (χ4n) is 2.85. The van der Waals surface area contributed by atoms with E-state index < -0.39 is 11.6 Å². The number of hydrogen-bond acceptors (Lipinski definition) is 4. The quantitative estimate of drug-likeness (QED) is 0.575. The van der Waals surface area contributed by atoms with Gasteiger partial charge < -0.3 is 14.7 Å². The molecular weight excluding hydrogens is 322 g/mol. The van der Waals surface area contributed by atoms with Gasteiger partial charge in [-0.25, -0.2) is 0 Å². The topological polar surface area (TPSA) is 83.9 Å². The number of rotatable bonds is 8. The highest BCUT2D eigenvalue weighted by atomic mass is 16.5. The van der Waals surface area contributed by atoms with E-state index in [1.807, 2.05) is 0 Å². The summed E-state index contributed by atoms with van der Waals surface area (Å²) in [6.45, 7) is 6.13. The van der Waals surface area contributed by atoms with Crippen molar-refractivity contribution in [2.45, 2.75) is 58.5 Å². The van der Waals surface area contributed by atoms with Crippen molar-refractivity contribution in [2.75, 3.05) is 11.4 Å². The molecule has 6 heteroatoms. The van der Waals surface area contributed by atoms with Gasteiger partial charge >= 0.3 is 5.97 Å². The third-order valence-electron chi connectivity index (χ3n) is 4.25. The third-order valence-corrected chi connectivity index (χ3v) is 4.25. The van der Waals surface area contributed by atoms with E-state index in [1.165, 1.54) is 0 Å². The number of aliphatic carboxylic acids is 1. The minimum absolute atomic E-state index is 0.0652. The maximum absolute atomic E-state index is 12.7. The highest BCUT2D eigenvalue weighted by Gasteiger charge is 2.40. The molecule has 1 aliphatic heterocycles. The summed E-state index contributed by atoms with van der Waals surface area (Å²) in [5.41, 5.74) is 0.0341. The lowest BCUT2D eigenvalue weighted by atomic mass is 10.00. The number of unbranched alkanes of at least 4 members (excludes halogenated alkanes) is 2. The van der Waals surface area contributed by atoms with Gasteiger partial charge in [0, 0.05) is 18.5 Å². The van der Waals surface area contributed by atoms with Crippen LogP contribution in [0.15, 0.2) is 18.2 Å². The summed E-state index contributed by atoms with van der Waals surface area (Å²) < 4.78 is 5.80. The van der Waals surface area contributed by atoms with Crippen molar-refractivity contribution >= 4 is 23.3 Å². The lowest BCUT2D eigenvalue weighted by Gasteiger charge is -2.39.